The summed E-state index contributed by atoms with van der Waals surface area (Å²) in [7, 11) is 5.95. The summed E-state index contributed by atoms with van der Waals surface area (Å²) in [6.45, 7) is 7.11. The zero-order valence-electron chi connectivity index (χ0n) is 32.9. The van der Waals surface area contributed by atoms with Gasteiger partial charge in [0.25, 0.3) is 0 Å². The number of hydrogen-bond donors (Lipinski definition) is 1. The maximum absolute atomic E-state index is 13.2. The zero-order valence-corrected chi connectivity index (χ0v) is 32.9. The molecule has 0 bridgehead atoms. The molecule has 1 rings (SSSR count). The minimum absolute atomic E-state index is 0.0829. The molecule has 17 nitrogen and oxygen atoms in total. The Hall–Kier alpha value is -4.93. The average Bonchev–Trinajstić information content (AvgIpc) is 3.11. The summed E-state index contributed by atoms with van der Waals surface area (Å²) >= 11 is 0. The molecule has 17 heteroatoms. The molecule has 1 amide bonds. The van der Waals surface area contributed by atoms with Gasteiger partial charge in [0.2, 0.25) is 0 Å². The van der Waals surface area contributed by atoms with Gasteiger partial charge in [-0.1, -0.05) is 43.7 Å². The van der Waals surface area contributed by atoms with E-state index in [4.69, 9.17) is 37.9 Å². The number of alkyl carbamates (subject to hydrolysis) is 1. The molecule has 304 valence electrons. The zero-order chi connectivity index (χ0) is 41.0. The van der Waals surface area contributed by atoms with Crippen LogP contribution in [0.5, 0.6) is 0 Å². The van der Waals surface area contributed by atoms with E-state index < -0.39 is 91.6 Å². The van der Waals surface area contributed by atoms with Crippen LogP contribution in [0.25, 0.3) is 0 Å². The van der Waals surface area contributed by atoms with Crippen molar-refractivity contribution in [2.75, 3.05) is 67.3 Å². The van der Waals surface area contributed by atoms with Crippen LogP contribution in [0.4, 0.5) is 9.59 Å². The maximum atomic E-state index is 13.2. The van der Waals surface area contributed by atoms with E-state index in [0.29, 0.717) is 23.0 Å². The lowest BCUT2D eigenvalue weighted by molar-refractivity contribution is -0.870. The fourth-order valence-corrected chi connectivity index (χ4v) is 4.11. The third-order valence-corrected chi connectivity index (χ3v) is 7.59. The Balaban J connectivity index is 2.78. The number of benzene rings is 1. The standard InChI is InChI=1S/C37H56N2O15/c1-10-11-18-38-34(45)51-24-37(6,33(44)48-21-29-16-13-12-14-17-29)23-50-30(41)26(2)53-31(42)27(3)54-35(46)52-25-36(5,22-49-28(4)40)32(43)47-20-15-19-39(7,8)9/h12-14,16-17,26-27H,10-11,15,18-25H2,1-9H3/p+1. The molecule has 1 aromatic rings. The van der Waals surface area contributed by atoms with Gasteiger partial charge in [0.15, 0.2) is 12.2 Å². The van der Waals surface area contributed by atoms with Crippen molar-refractivity contribution >= 4 is 42.1 Å². The number of unbranched alkanes of at least 4 members (excludes halogenated alkanes) is 1. The normalized spacial score (nSPS) is 14.4. The first-order valence-corrected chi connectivity index (χ1v) is 17.6. The minimum Gasteiger partial charge on any atom is -0.465 e. The number of hydrogen-bond acceptors (Lipinski definition) is 15. The van der Waals surface area contributed by atoms with E-state index in [1.807, 2.05) is 28.1 Å². The summed E-state index contributed by atoms with van der Waals surface area (Å²) in [6.07, 6.45) is -3.12. The van der Waals surface area contributed by atoms with Gasteiger partial charge in [-0.3, -0.25) is 14.4 Å². The van der Waals surface area contributed by atoms with Crippen molar-refractivity contribution in [1.82, 2.24) is 5.32 Å². The second kappa shape index (κ2) is 23.0. The van der Waals surface area contributed by atoms with Crippen molar-refractivity contribution in [3.05, 3.63) is 35.9 Å². The van der Waals surface area contributed by atoms with Crippen LogP contribution >= 0.6 is 0 Å². The number of esters is 5. The lowest BCUT2D eigenvalue weighted by atomic mass is 9.93. The molecule has 0 spiro atoms. The maximum Gasteiger partial charge on any atom is 0.509 e. The number of carbonyl (C=O) groups excluding carboxylic acids is 7. The van der Waals surface area contributed by atoms with E-state index in [9.17, 15) is 33.6 Å². The molecule has 0 saturated heterocycles. The topological polar surface area (TPSA) is 205 Å². The molecule has 0 aliphatic rings. The molecule has 0 aliphatic heterocycles. The van der Waals surface area contributed by atoms with Gasteiger partial charge in [0.05, 0.1) is 34.3 Å². The highest BCUT2D eigenvalue weighted by Crippen LogP contribution is 2.23. The van der Waals surface area contributed by atoms with Crippen LogP contribution in [-0.4, -0.2) is 126 Å². The van der Waals surface area contributed by atoms with Crippen LogP contribution in [-0.2, 0) is 68.5 Å². The average molecular weight is 770 g/mol. The molecule has 0 saturated carbocycles. The van der Waals surface area contributed by atoms with Gasteiger partial charge in [0.1, 0.15) is 43.9 Å². The first kappa shape index (κ1) is 47.1. The fraction of sp³-hybridized carbons (Fsp3) is 0.649. The largest absolute Gasteiger partial charge is 0.509 e. The minimum atomic E-state index is -1.64. The lowest BCUT2D eigenvalue weighted by Crippen LogP contribution is -2.43. The van der Waals surface area contributed by atoms with Crippen LogP contribution in [0.3, 0.4) is 0 Å². The Morgan fingerprint density at radius 2 is 1.26 bits per heavy atom. The van der Waals surface area contributed by atoms with Crippen molar-refractivity contribution < 1.29 is 75.9 Å². The van der Waals surface area contributed by atoms with Crippen molar-refractivity contribution in [3.8, 4) is 0 Å². The molecular formula is C37H57N2O15+. The Morgan fingerprint density at radius 3 is 1.85 bits per heavy atom. The van der Waals surface area contributed by atoms with Crippen molar-refractivity contribution in [2.45, 2.75) is 79.6 Å². The van der Waals surface area contributed by atoms with Crippen molar-refractivity contribution in [1.29, 1.82) is 0 Å². The molecular weight excluding hydrogens is 712 g/mol. The molecule has 54 heavy (non-hydrogen) atoms. The van der Waals surface area contributed by atoms with Crippen LogP contribution in [0.15, 0.2) is 30.3 Å². The fourth-order valence-electron chi connectivity index (χ4n) is 4.11. The molecule has 1 aromatic carbocycles. The van der Waals surface area contributed by atoms with Crippen molar-refractivity contribution in [3.63, 3.8) is 0 Å². The van der Waals surface area contributed by atoms with Crippen LogP contribution in [0, 0.1) is 10.8 Å². The second-order valence-electron chi connectivity index (χ2n) is 14.3. The first-order valence-electron chi connectivity index (χ1n) is 17.6. The summed E-state index contributed by atoms with van der Waals surface area (Å²) in [5, 5.41) is 2.56. The van der Waals surface area contributed by atoms with E-state index in [2.05, 4.69) is 5.32 Å². The van der Waals surface area contributed by atoms with Gasteiger partial charge >= 0.3 is 42.1 Å². The van der Waals surface area contributed by atoms with Crippen molar-refractivity contribution in [2.24, 2.45) is 10.8 Å². The molecule has 4 unspecified atom stereocenters. The second-order valence-corrected chi connectivity index (χ2v) is 14.3. The van der Waals surface area contributed by atoms with Gasteiger partial charge < -0.3 is 47.7 Å². The highest BCUT2D eigenvalue weighted by atomic mass is 16.7. The molecule has 0 radical (unpaired) electrons. The Labute approximate surface area is 316 Å². The molecule has 0 fully saturated rings. The molecule has 1 N–H and O–H groups in total. The van der Waals surface area contributed by atoms with Gasteiger partial charge in [-0.15, -0.1) is 0 Å². The monoisotopic (exact) mass is 769 g/mol. The number of nitrogens with zero attached hydrogens (tertiary/aromatic N) is 1. The first-order chi connectivity index (χ1) is 25.2. The van der Waals surface area contributed by atoms with Gasteiger partial charge in [-0.05, 0) is 39.7 Å². The van der Waals surface area contributed by atoms with E-state index in [1.165, 1.54) is 20.8 Å². The summed E-state index contributed by atoms with van der Waals surface area (Å²) < 4.78 is 42.0. The number of carbonyl (C=O) groups is 7. The third kappa shape index (κ3) is 18.7. The third-order valence-electron chi connectivity index (χ3n) is 7.59. The summed E-state index contributed by atoms with van der Waals surface area (Å²) in [6, 6.07) is 8.83. The summed E-state index contributed by atoms with van der Waals surface area (Å²) in [5.74, 6) is -4.47. The van der Waals surface area contributed by atoms with E-state index in [-0.39, 0.29) is 13.2 Å². The number of nitrogens with one attached hydrogen (secondary N) is 1. The molecule has 0 aromatic heterocycles. The quantitative estimate of drug-likeness (QED) is 0.0732. The highest BCUT2D eigenvalue weighted by molar-refractivity contribution is 5.83. The number of rotatable bonds is 23. The van der Waals surface area contributed by atoms with Gasteiger partial charge in [0, 0.05) is 19.9 Å². The number of amides is 1. The lowest BCUT2D eigenvalue weighted by Gasteiger charge is -2.27. The predicted octanol–water partition coefficient (Wildman–Crippen LogP) is 3.49. The SMILES string of the molecule is CCCCNC(=O)OCC(C)(COC(=O)C(C)OC(=O)C(C)OC(=O)OCC(C)(COC(C)=O)C(=O)OCCC[N+](C)(C)C)C(=O)OCc1ccccc1. The predicted molar refractivity (Wildman–Crippen MR) is 190 cm³/mol. The number of ether oxygens (including phenoxy) is 8. The Kier molecular flexibility index (Phi) is 20.0. The van der Waals surface area contributed by atoms with E-state index in [0.717, 1.165) is 33.2 Å². The van der Waals surface area contributed by atoms with Crippen LogP contribution < -0.4 is 5.32 Å². The summed E-state index contributed by atoms with van der Waals surface area (Å²) in [4.78, 5) is 87.6. The molecule has 0 aliphatic carbocycles. The Morgan fingerprint density at radius 1 is 0.704 bits per heavy atom. The summed E-state index contributed by atoms with van der Waals surface area (Å²) in [5.41, 5.74) is -2.53. The molecule has 0 heterocycles. The van der Waals surface area contributed by atoms with Gasteiger partial charge in [-0.2, -0.15) is 0 Å². The van der Waals surface area contributed by atoms with Crippen LogP contribution in [0.1, 0.15) is 66.4 Å². The van der Waals surface area contributed by atoms with Gasteiger partial charge in [-0.25, -0.2) is 19.2 Å². The van der Waals surface area contributed by atoms with Crippen LogP contribution in [0.2, 0.25) is 0 Å². The number of quaternary nitrogens is 1. The molecule has 4 atom stereocenters. The van der Waals surface area contributed by atoms with E-state index in [1.54, 1.807) is 30.3 Å². The van der Waals surface area contributed by atoms with E-state index >= 15 is 0 Å². The Bertz CT molecular complexity index is 1400. The smallest absolute Gasteiger partial charge is 0.465 e. The highest BCUT2D eigenvalue weighted by Gasteiger charge is 2.41.